The van der Waals surface area contributed by atoms with Crippen LogP contribution in [0.25, 0.3) is 10.9 Å². The van der Waals surface area contributed by atoms with Gasteiger partial charge in [-0.3, -0.25) is 4.79 Å². The highest BCUT2D eigenvalue weighted by Gasteiger charge is 2.04. The third-order valence-corrected chi connectivity index (χ3v) is 3.15. The lowest BCUT2D eigenvalue weighted by atomic mass is 10.1. The summed E-state index contributed by atoms with van der Waals surface area (Å²) < 4.78 is 1.09. The molecule has 0 aliphatic rings. The Hall–Kier alpha value is -0.840. The molecule has 16 heavy (non-hydrogen) atoms. The van der Waals surface area contributed by atoms with E-state index < -0.39 is 0 Å². The maximum Gasteiger partial charge on any atom is 0.189 e. The van der Waals surface area contributed by atoms with Gasteiger partial charge in [-0.05, 0) is 53.1 Å². The summed E-state index contributed by atoms with van der Waals surface area (Å²) in [4.78, 5) is 15.2. The van der Waals surface area contributed by atoms with Crippen molar-refractivity contribution in [2.45, 2.75) is 20.3 Å². The molecule has 1 aromatic heterocycles. The van der Waals surface area contributed by atoms with E-state index in [9.17, 15) is 4.79 Å². The number of fused-ring (bicyclic) bond motifs is 1. The highest BCUT2D eigenvalue weighted by atomic mass is 127. The minimum atomic E-state index is 0.114. The number of aromatic amines is 1. The van der Waals surface area contributed by atoms with Crippen molar-refractivity contribution in [3.8, 4) is 0 Å². The van der Waals surface area contributed by atoms with Gasteiger partial charge in [0.1, 0.15) is 0 Å². The Kier molecular flexibility index (Phi) is 3.33. The fourth-order valence-electron chi connectivity index (χ4n) is 1.82. The van der Waals surface area contributed by atoms with Crippen molar-refractivity contribution in [3.63, 3.8) is 0 Å². The normalized spacial score (nSPS) is 11.2. The Bertz CT molecular complexity index is 572. The van der Waals surface area contributed by atoms with Crippen molar-refractivity contribution in [1.82, 2.24) is 4.98 Å². The molecule has 0 unspecified atom stereocenters. The van der Waals surface area contributed by atoms with E-state index in [1.54, 1.807) is 6.07 Å². The van der Waals surface area contributed by atoms with E-state index in [-0.39, 0.29) is 5.43 Å². The van der Waals surface area contributed by atoms with E-state index in [4.69, 9.17) is 0 Å². The van der Waals surface area contributed by atoms with Crippen molar-refractivity contribution in [3.05, 3.63) is 43.8 Å². The van der Waals surface area contributed by atoms with E-state index in [0.29, 0.717) is 5.92 Å². The molecule has 1 aromatic carbocycles. The number of H-pyrrole nitrogens is 1. The molecule has 0 radical (unpaired) electrons. The van der Waals surface area contributed by atoms with E-state index in [1.807, 2.05) is 18.2 Å². The first-order chi connectivity index (χ1) is 7.56. The van der Waals surface area contributed by atoms with Gasteiger partial charge in [-0.2, -0.15) is 0 Å². The number of hydrogen-bond acceptors (Lipinski definition) is 1. The van der Waals surface area contributed by atoms with Crippen molar-refractivity contribution >= 4 is 33.5 Å². The smallest absolute Gasteiger partial charge is 0.189 e. The summed E-state index contributed by atoms with van der Waals surface area (Å²) in [6.45, 7) is 4.30. The van der Waals surface area contributed by atoms with Crippen LogP contribution in [0.2, 0.25) is 0 Å². The standard InChI is InChI=1S/C13H14INO/c1-8(2)5-10-7-13(16)11-6-9(14)3-4-12(11)15-10/h3-4,6-8H,5H2,1-2H3,(H,15,16). The van der Waals surface area contributed by atoms with Gasteiger partial charge in [0.15, 0.2) is 5.43 Å². The SMILES string of the molecule is CC(C)Cc1cc(=O)c2cc(I)ccc2[nH]1. The second-order valence-electron chi connectivity index (χ2n) is 4.45. The van der Waals surface area contributed by atoms with Gasteiger partial charge in [-0.15, -0.1) is 0 Å². The number of halogens is 1. The number of benzene rings is 1. The van der Waals surface area contributed by atoms with Crippen LogP contribution in [0.4, 0.5) is 0 Å². The van der Waals surface area contributed by atoms with Gasteiger partial charge in [0, 0.05) is 26.2 Å². The monoisotopic (exact) mass is 327 g/mol. The molecule has 0 fully saturated rings. The molecule has 2 rings (SSSR count). The summed E-state index contributed by atoms with van der Waals surface area (Å²) in [5.74, 6) is 0.553. The first kappa shape index (κ1) is 11.6. The lowest BCUT2D eigenvalue weighted by Crippen LogP contribution is -2.07. The first-order valence-electron chi connectivity index (χ1n) is 5.37. The summed E-state index contributed by atoms with van der Waals surface area (Å²) in [6.07, 6.45) is 0.914. The molecule has 0 saturated heterocycles. The Morgan fingerprint density at radius 2 is 2.06 bits per heavy atom. The third-order valence-electron chi connectivity index (χ3n) is 2.48. The molecule has 3 heteroatoms. The molecule has 84 valence electrons. The first-order valence-corrected chi connectivity index (χ1v) is 6.45. The summed E-state index contributed by atoms with van der Waals surface area (Å²) >= 11 is 2.22. The maximum absolute atomic E-state index is 11.9. The molecule has 0 aliphatic carbocycles. The number of rotatable bonds is 2. The molecule has 1 N–H and O–H groups in total. The molecule has 0 bridgehead atoms. The molecule has 0 aliphatic heterocycles. The second-order valence-corrected chi connectivity index (χ2v) is 5.69. The van der Waals surface area contributed by atoms with Crippen LogP contribution in [0.1, 0.15) is 19.5 Å². The summed E-state index contributed by atoms with van der Waals surface area (Å²) in [7, 11) is 0. The average molecular weight is 327 g/mol. The second kappa shape index (κ2) is 4.57. The van der Waals surface area contributed by atoms with Gasteiger partial charge < -0.3 is 4.98 Å². The van der Waals surface area contributed by atoms with E-state index in [0.717, 1.165) is 26.6 Å². The quantitative estimate of drug-likeness (QED) is 0.843. The van der Waals surface area contributed by atoms with Crippen LogP contribution in [0.5, 0.6) is 0 Å². The number of hydrogen-bond donors (Lipinski definition) is 1. The molecule has 0 saturated carbocycles. The van der Waals surface area contributed by atoms with Crippen molar-refractivity contribution < 1.29 is 0 Å². The lowest BCUT2D eigenvalue weighted by Gasteiger charge is -2.06. The fourth-order valence-corrected chi connectivity index (χ4v) is 2.32. The van der Waals surface area contributed by atoms with Crippen molar-refractivity contribution in [2.75, 3.05) is 0 Å². The van der Waals surface area contributed by atoms with Crippen molar-refractivity contribution in [2.24, 2.45) is 5.92 Å². The Morgan fingerprint density at radius 1 is 1.31 bits per heavy atom. The van der Waals surface area contributed by atoms with E-state index in [2.05, 4.69) is 41.4 Å². The van der Waals surface area contributed by atoms with Crippen molar-refractivity contribution in [1.29, 1.82) is 0 Å². The number of pyridine rings is 1. The number of nitrogens with one attached hydrogen (secondary N) is 1. The average Bonchev–Trinajstić information content (AvgIpc) is 2.18. The van der Waals surface area contributed by atoms with Crippen LogP contribution >= 0.6 is 22.6 Å². The molecule has 2 nitrogen and oxygen atoms in total. The summed E-state index contributed by atoms with van der Waals surface area (Å²) in [6, 6.07) is 7.63. The predicted molar refractivity (Wildman–Crippen MR) is 75.8 cm³/mol. The van der Waals surface area contributed by atoms with Gasteiger partial charge >= 0.3 is 0 Å². The molecular weight excluding hydrogens is 313 g/mol. The molecule has 0 atom stereocenters. The van der Waals surface area contributed by atoms with E-state index >= 15 is 0 Å². The molecule has 0 spiro atoms. The van der Waals surface area contributed by atoms with E-state index in [1.165, 1.54) is 0 Å². The zero-order valence-electron chi connectivity index (χ0n) is 9.38. The lowest BCUT2D eigenvalue weighted by molar-refractivity contribution is 0.636. The molecular formula is C13H14INO. The molecule has 2 aromatic rings. The zero-order chi connectivity index (χ0) is 11.7. The molecule has 1 heterocycles. The Labute approximate surface area is 108 Å². The zero-order valence-corrected chi connectivity index (χ0v) is 11.5. The van der Waals surface area contributed by atoms with Gasteiger partial charge in [0.25, 0.3) is 0 Å². The van der Waals surface area contributed by atoms with Crippen LogP contribution in [0.3, 0.4) is 0 Å². The number of aromatic nitrogens is 1. The fraction of sp³-hybridized carbons (Fsp3) is 0.308. The Balaban J connectivity index is 2.59. The maximum atomic E-state index is 11.9. The minimum Gasteiger partial charge on any atom is -0.358 e. The topological polar surface area (TPSA) is 32.9 Å². The highest BCUT2D eigenvalue weighted by Crippen LogP contribution is 2.14. The largest absolute Gasteiger partial charge is 0.358 e. The summed E-state index contributed by atoms with van der Waals surface area (Å²) in [5.41, 5.74) is 2.07. The predicted octanol–water partition coefficient (Wildman–Crippen LogP) is 3.33. The van der Waals surface area contributed by atoms with Crippen LogP contribution in [-0.4, -0.2) is 4.98 Å². The van der Waals surface area contributed by atoms with Gasteiger partial charge in [0.05, 0.1) is 0 Å². The minimum absolute atomic E-state index is 0.114. The van der Waals surface area contributed by atoms with Gasteiger partial charge in [0.2, 0.25) is 0 Å². The Morgan fingerprint density at radius 3 is 2.75 bits per heavy atom. The van der Waals surface area contributed by atoms with Crippen LogP contribution in [-0.2, 0) is 6.42 Å². The van der Waals surface area contributed by atoms with Crippen LogP contribution in [0, 0.1) is 9.49 Å². The summed E-state index contributed by atoms with van der Waals surface area (Å²) in [5, 5.41) is 0.777. The van der Waals surface area contributed by atoms with Gasteiger partial charge in [-0.25, -0.2) is 0 Å². The molecule has 0 amide bonds. The van der Waals surface area contributed by atoms with Crippen LogP contribution in [0.15, 0.2) is 29.1 Å². The van der Waals surface area contributed by atoms with Crippen LogP contribution < -0.4 is 5.43 Å². The third kappa shape index (κ3) is 2.45. The van der Waals surface area contributed by atoms with Gasteiger partial charge in [-0.1, -0.05) is 13.8 Å². The highest BCUT2D eigenvalue weighted by molar-refractivity contribution is 14.1.